The summed E-state index contributed by atoms with van der Waals surface area (Å²) in [5, 5.41) is 0. The molecule has 0 bridgehead atoms. The molecular weight excluding hydrogens is 289 g/mol. The van der Waals surface area contributed by atoms with E-state index in [0.29, 0.717) is 6.10 Å². The highest BCUT2D eigenvalue weighted by atomic mass is 127. The molecule has 1 aliphatic carbocycles. The molecule has 76 valence electrons. The number of hydrogen-bond acceptors (Lipinski definition) is 2. The van der Waals surface area contributed by atoms with Crippen LogP contribution in [0, 0.1) is 3.57 Å². The van der Waals surface area contributed by atoms with Crippen LogP contribution in [0.1, 0.15) is 12.8 Å². The second-order valence-corrected chi connectivity index (χ2v) is 4.99. The Bertz CT molecular complexity index is 334. The second kappa shape index (κ2) is 3.96. The molecule has 2 rings (SSSR count). The number of rotatable bonds is 3. The van der Waals surface area contributed by atoms with Gasteiger partial charge in [0.2, 0.25) is 0 Å². The van der Waals surface area contributed by atoms with Crippen LogP contribution in [0.15, 0.2) is 18.2 Å². The van der Waals surface area contributed by atoms with E-state index in [2.05, 4.69) is 45.7 Å². The van der Waals surface area contributed by atoms with Crippen LogP contribution < -0.4 is 9.64 Å². The minimum absolute atomic E-state index is 0.480. The van der Waals surface area contributed by atoms with E-state index in [0.717, 1.165) is 5.75 Å². The van der Waals surface area contributed by atoms with Gasteiger partial charge in [0.25, 0.3) is 0 Å². The van der Waals surface area contributed by atoms with E-state index in [-0.39, 0.29) is 0 Å². The first-order valence-corrected chi connectivity index (χ1v) is 5.88. The smallest absolute Gasteiger partial charge is 0.133 e. The third kappa shape index (κ3) is 2.32. The van der Waals surface area contributed by atoms with Crippen molar-refractivity contribution in [2.75, 3.05) is 19.0 Å². The zero-order valence-electron chi connectivity index (χ0n) is 8.46. The quantitative estimate of drug-likeness (QED) is 0.796. The van der Waals surface area contributed by atoms with Crippen LogP contribution in [-0.2, 0) is 0 Å². The maximum Gasteiger partial charge on any atom is 0.133 e. The first kappa shape index (κ1) is 10.1. The number of benzene rings is 1. The predicted molar refractivity (Wildman–Crippen MR) is 67.1 cm³/mol. The van der Waals surface area contributed by atoms with Gasteiger partial charge in [0.05, 0.1) is 9.67 Å². The van der Waals surface area contributed by atoms with E-state index in [1.807, 2.05) is 14.1 Å². The first-order valence-electron chi connectivity index (χ1n) is 4.80. The summed E-state index contributed by atoms with van der Waals surface area (Å²) in [6, 6.07) is 6.31. The van der Waals surface area contributed by atoms with E-state index < -0.39 is 0 Å². The van der Waals surface area contributed by atoms with Crippen LogP contribution in [0.2, 0.25) is 0 Å². The van der Waals surface area contributed by atoms with Gasteiger partial charge in [-0.05, 0) is 53.6 Å². The minimum Gasteiger partial charge on any atom is -0.489 e. The third-order valence-electron chi connectivity index (χ3n) is 2.25. The minimum atomic E-state index is 0.480. The fourth-order valence-electron chi connectivity index (χ4n) is 1.23. The molecule has 1 aliphatic rings. The molecular formula is C11H14INO. The number of ether oxygens (including phenoxy) is 1. The summed E-state index contributed by atoms with van der Waals surface area (Å²) in [5.74, 6) is 1.03. The highest BCUT2D eigenvalue weighted by Crippen LogP contribution is 2.31. The topological polar surface area (TPSA) is 12.5 Å². The summed E-state index contributed by atoms with van der Waals surface area (Å²) in [4.78, 5) is 2.10. The van der Waals surface area contributed by atoms with Gasteiger partial charge >= 0.3 is 0 Å². The molecule has 0 atom stereocenters. The molecule has 0 heterocycles. The Kier molecular flexibility index (Phi) is 2.85. The van der Waals surface area contributed by atoms with Crippen molar-refractivity contribution in [3.8, 4) is 5.75 Å². The maximum absolute atomic E-state index is 5.76. The Hall–Kier alpha value is -0.450. The molecule has 0 N–H and O–H groups in total. The zero-order chi connectivity index (χ0) is 10.1. The molecule has 0 aromatic heterocycles. The zero-order valence-corrected chi connectivity index (χ0v) is 10.6. The Morgan fingerprint density at radius 1 is 1.36 bits per heavy atom. The number of hydrogen-bond donors (Lipinski definition) is 0. The lowest BCUT2D eigenvalue weighted by atomic mass is 10.3. The van der Waals surface area contributed by atoms with Crippen molar-refractivity contribution < 1.29 is 4.74 Å². The molecule has 0 saturated heterocycles. The summed E-state index contributed by atoms with van der Waals surface area (Å²) < 4.78 is 6.96. The third-order valence-corrected chi connectivity index (χ3v) is 3.09. The van der Waals surface area contributed by atoms with Crippen molar-refractivity contribution in [2.45, 2.75) is 18.9 Å². The molecule has 1 aromatic rings. The van der Waals surface area contributed by atoms with Gasteiger partial charge in [-0.1, -0.05) is 0 Å². The summed E-state index contributed by atoms with van der Waals surface area (Å²) in [6.45, 7) is 0. The van der Waals surface area contributed by atoms with Gasteiger partial charge in [0, 0.05) is 19.8 Å². The molecule has 0 aliphatic heterocycles. The Labute approximate surface area is 98.4 Å². The Morgan fingerprint density at radius 3 is 2.57 bits per heavy atom. The highest BCUT2D eigenvalue weighted by Gasteiger charge is 2.24. The lowest BCUT2D eigenvalue weighted by Gasteiger charge is -2.14. The molecule has 0 radical (unpaired) electrons. The standard InChI is InChI=1S/C11H14INO/c1-13(2)8-3-6-11(10(12)7-8)14-9-4-5-9/h3,6-7,9H,4-5H2,1-2H3. The van der Waals surface area contributed by atoms with Gasteiger partial charge in [0.1, 0.15) is 5.75 Å². The normalized spacial score (nSPS) is 15.4. The van der Waals surface area contributed by atoms with Crippen LogP contribution in [-0.4, -0.2) is 20.2 Å². The van der Waals surface area contributed by atoms with Crippen molar-refractivity contribution >= 4 is 28.3 Å². The van der Waals surface area contributed by atoms with Crippen molar-refractivity contribution in [3.63, 3.8) is 0 Å². The van der Waals surface area contributed by atoms with E-state index >= 15 is 0 Å². The average molecular weight is 303 g/mol. The lowest BCUT2D eigenvalue weighted by Crippen LogP contribution is -2.09. The summed E-state index contributed by atoms with van der Waals surface area (Å²) in [7, 11) is 4.10. The van der Waals surface area contributed by atoms with Crippen LogP contribution in [0.25, 0.3) is 0 Å². The number of halogens is 1. The molecule has 14 heavy (non-hydrogen) atoms. The van der Waals surface area contributed by atoms with Crippen LogP contribution in [0.5, 0.6) is 5.75 Å². The SMILES string of the molecule is CN(C)c1ccc(OC2CC2)c(I)c1. The second-order valence-electron chi connectivity index (χ2n) is 3.83. The summed E-state index contributed by atoms with van der Waals surface area (Å²) in [6.07, 6.45) is 2.91. The van der Waals surface area contributed by atoms with Crippen molar-refractivity contribution in [1.82, 2.24) is 0 Å². The van der Waals surface area contributed by atoms with E-state index in [1.54, 1.807) is 0 Å². The van der Waals surface area contributed by atoms with Crippen LogP contribution in [0.3, 0.4) is 0 Å². The Morgan fingerprint density at radius 2 is 2.07 bits per heavy atom. The van der Waals surface area contributed by atoms with Crippen molar-refractivity contribution in [3.05, 3.63) is 21.8 Å². The van der Waals surface area contributed by atoms with Gasteiger partial charge in [-0.2, -0.15) is 0 Å². The summed E-state index contributed by atoms with van der Waals surface area (Å²) >= 11 is 2.33. The molecule has 3 heteroatoms. The van der Waals surface area contributed by atoms with Crippen molar-refractivity contribution in [2.24, 2.45) is 0 Å². The van der Waals surface area contributed by atoms with Gasteiger partial charge in [0.15, 0.2) is 0 Å². The van der Waals surface area contributed by atoms with Gasteiger partial charge in [-0.25, -0.2) is 0 Å². The predicted octanol–water partition coefficient (Wildman–Crippen LogP) is 2.90. The average Bonchev–Trinajstić information content (AvgIpc) is 2.92. The summed E-state index contributed by atoms with van der Waals surface area (Å²) in [5.41, 5.74) is 1.22. The molecule has 1 saturated carbocycles. The Balaban J connectivity index is 2.17. The molecule has 1 fully saturated rings. The van der Waals surface area contributed by atoms with Crippen molar-refractivity contribution in [1.29, 1.82) is 0 Å². The molecule has 0 spiro atoms. The highest BCUT2D eigenvalue weighted by molar-refractivity contribution is 14.1. The van der Waals surface area contributed by atoms with Gasteiger partial charge < -0.3 is 9.64 Å². The first-order chi connectivity index (χ1) is 6.66. The van der Waals surface area contributed by atoms with E-state index in [4.69, 9.17) is 4.74 Å². The fourth-order valence-corrected chi connectivity index (χ4v) is 1.85. The number of nitrogens with zero attached hydrogens (tertiary/aromatic N) is 1. The lowest BCUT2D eigenvalue weighted by molar-refractivity contribution is 0.301. The maximum atomic E-state index is 5.76. The van der Waals surface area contributed by atoms with E-state index in [1.165, 1.54) is 22.1 Å². The van der Waals surface area contributed by atoms with Gasteiger partial charge in [-0.15, -0.1) is 0 Å². The molecule has 1 aromatic carbocycles. The number of anilines is 1. The monoisotopic (exact) mass is 303 g/mol. The molecule has 2 nitrogen and oxygen atoms in total. The van der Waals surface area contributed by atoms with Crippen LogP contribution in [0.4, 0.5) is 5.69 Å². The molecule has 0 unspecified atom stereocenters. The van der Waals surface area contributed by atoms with E-state index in [9.17, 15) is 0 Å². The fraction of sp³-hybridized carbons (Fsp3) is 0.455. The van der Waals surface area contributed by atoms with Gasteiger partial charge in [-0.3, -0.25) is 0 Å². The molecule has 0 amide bonds. The largest absolute Gasteiger partial charge is 0.489 e. The van der Waals surface area contributed by atoms with Crippen LogP contribution >= 0.6 is 22.6 Å².